The van der Waals surface area contributed by atoms with Crippen molar-refractivity contribution in [1.82, 2.24) is 0 Å². The van der Waals surface area contributed by atoms with Crippen molar-refractivity contribution in [3.05, 3.63) is 35.4 Å². The van der Waals surface area contributed by atoms with E-state index >= 15 is 0 Å². The van der Waals surface area contributed by atoms with Gasteiger partial charge in [-0.15, -0.1) is 0 Å². The fourth-order valence-corrected chi connectivity index (χ4v) is 1.09. The molecule has 1 aromatic carbocycles. The number of hydrogen-bond acceptors (Lipinski definition) is 4. The lowest BCUT2D eigenvalue weighted by atomic mass is 10.1. The molecule has 0 heterocycles. The monoisotopic (exact) mass is 195 g/mol. The first kappa shape index (κ1) is 11.1. The van der Waals surface area contributed by atoms with E-state index in [-0.39, 0.29) is 0 Å². The molecule has 0 bridgehead atoms. The Hall–Kier alpha value is -0.940. The molecule has 0 amide bonds. The summed E-state index contributed by atoms with van der Waals surface area (Å²) in [7, 11) is 3.09. The lowest BCUT2D eigenvalue weighted by Crippen LogP contribution is -2.16. The van der Waals surface area contributed by atoms with Gasteiger partial charge in [-0.05, 0) is 6.07 Å². The van der Waals surface area contributed by atoms with Gasteiger partial charge in [-0.25, -0.2) is 0 Å². The second-order valence-corrected chi connectivity index (χ2v) is 2.87. The molecule has 1 aromatic rings. The highest BCUT2D eigenvalue weighted by molar-refractivity contribution is 5.24. The molecule has 0 aromatic heterocycles. The quantitative estimate of drug-likeness (QED) is 0.693. The lowest BCUT2D eigenvalue weighted by Gasteiger charge is -2.13. The predicted molar refractivity (Wildman–Crippen MR) is 53.2 cm³/mol. The number of benzene rings is 1. The van der Waals surface area contributed by atoms with E-state index in [1.54, 1.807) is 14.2 Å². The topological polar surface area (TPSA) is 70.5 Å². The standard InChI is InChI=1S/C10H15N2O2/c1-13-9(11)7-4-3-5-8(6-7)10(12)14-2/h3-5,9-10H,11-12H2,1-2H3. The molecule has 0 spiro atoms. The zero-order valence-electron chi connectivity index (χ0n) is 8.36. The van der Waals surface area contributed by atoms with Crippen molar-refractivity contribution in [2.24, 2.45) is 11.5 Å². The zero-order valence-corrected chi connectivity index (χ0v) is 8.36. The Kier molecular flexibility index (Phi) is 4.03. The van der Waals surface area contributed by atoms with Crippen LogP contribution in [0.2, 0.25) is 0 Å². The van der Waals surface area contributed by atoms with E-state index < -0.39 is 12.5 Å². The molecule has 2 atom stereocenters. The van der Waals surface area contributed by atoms with Crippen LogP contribution in [0.3, 0.4) is 0 Å². The van der Waals surface area contributed by atoms with Gasteiger partial charge in [0.15, 0.2) is 0 Å². The van der Waals surface area contributed by atoms with Crippen LogP contribution in [-0.4, -0.2) is 14.2 Å². The number of ether oxygens (including phenoxy) is 2. The summed E-state index contributed by atoms with van der Waals surface area (Å²) >= 11 is 0. The van der Waals surface area contributed by atoms with Gasteiger partial charge in [-0.2, -0.15) is 0 Å². The van der Waals surface area contributed by atoms with Crippen LogP contribution >= 0.6 is 0 Å². The summed E-state index contributed by atoms with van der Waals surface area (Å²) in [5.74, 6) is 0. The molecule has 77 valence electrons. The van der Waals surface area contributed by atoms with Gasteiger partial charge >= 0.3 is 0 Å². The highest BCUT2D eigenvalue weighted by atomic mass is 16.5. The van der Waals surface area contributed by atoms with Crippen LogP contribution in [-0.2, 0) is 9.47 Å². The molecule has 2 unspecified atom stereocenters. The van der Waals surface area contributed by atoms with Gasteiger partial charge in [0.2, 0.25) is 0 Å². The molecule has 0 aliphatic carbocycles. The molecule has 0 saturated carbocycles. The predicted octanol–water partition coefficient (Wildman–Crippen LogP) is 0.694. The molecular formula is C10H15N2O2. The summed E-state index contributed by atoms with van der Waals surface area (Å²) in [6.07, 6.45) is -0.946. The highest BCUT2D eigenvalue weighted by Gasteiger charge is 2.08. The molecule has 4 nitrogen and oxygen atoms in total. The minimum Gasteiger partial charge on any atom is -0.363 e. The van der Waals surface area contributed by atoms with Crippen LogP contribution in [0.25, 0.3) is 0 Å². The SMILES string of the molecule is COC(N)c1[c]c(C(N)OC)ccc1. The molecule has 0 fully saturated rings. The van der Waals surface area contributed by atoms with E-state index in [1.807, 2.05) is 18.2 Å². The summed E-state index contributed by atoms with van der Waals surface area (Å²) in [5, 5.41) is 0. The van der Waals surface area contributed by atoms with E-state index in [0.29, 0.717) is 0 Å². The Morgan fingerprint density at radius 1 is 1.07 bits per heavy atom. The largest absolute Gasteiger partial charge is 0.363 e. The van der Waals surface area contributed by atoms with E-state index in [9.17, 15) is 0 Å². The summed E-state index contributed by atoms with van der Waals surface area (Å²) < 4.78 is 9.94. The Bertz CT molecular complexity index is 266. The van der Waals surface area contributed by atoms with Gasteiger partial charge in [0.05, 0.1) is 0 Å². The molecule has 0 saturated heterocycles. The van der Waals surface area contributed by atoms with Crippen LogP contribution in [0, 0.1) is 6.07 Å². The maximum atomic E-state index is 5.67. The van der Waals surface area contributed by atoms with Gasteiger partial charge in [-0.3, -0.25) is 0 Å². The first-order chi connectivity index (χ1) is 6.69. The molecular weight excluding hydrogens is 180 g/mol. The van der Waals surface area contributed by atoms with Crippen LogP contribution in [0.15, 0.2) is 18.2 Å². The first-order valence-electron chi connectivity index (χ1n) is 4.28. The Labute approximate surface area is 83.8 Å². The lowest BCUT2D eigenvalue weighted by molar-refractivity contribution is 0.103. The van der Waals surface area contributed by atoms with Crippen molar-refractivity contribution in [3.8, 4) is 0 Å². The van der Waals surface area contributed by atoms with Crippen LogP contribution < -0.4 is 11.5 Å². The third-order valence-electron chi connectivity index (χ3n) is 1.96. The Morgan fingerprint density at radius 3 is 1.86 bits per heavy atom. The third kappa shape index (κ3) is 2.52. The smallest absolute Gasteiger partial charge is 0.132 e. The molecule has 14 heavy (non-hydrogen) atoms. The molecule has 4 heteroatoms. The van der Waals surface area contributed by atoms with Crippen molar-refractivity contribution in [1.29, 1.82) is 0 Å². The summed E-state index contributed by atoms with van der Waals surface area (Å²) in [6, 6.07) is 8.56. The summed E-state index contributed by atoms with van der Waals surface area (Å²) in [6.45, 7) is 0. The normalized spacial score (nSPS) is 15.1. The van der Waals surface area contributed by atoms with Gasteiger partial charge in [0, 0.05) is 25.3 Å². The second kappa shape index (κ2) is 5.07. The van der Waals surface area contributed by atoms with Crippen molar-refractivity contribution in [2.75, 3.05) is 14.2 Å². The number of methoxy groups -OCH3 is 2. The van der Waals surface area contributed by atoms with E-state index in [2.05, 4.69) is 6.07 Å². The fraction of sp³-hybridized carbons (Fsp3) is 0.400. The van der Waals surface area contributed by atoms with Gasteiger partial charge in [0.25, 0.3) is 0 Å². The fourth-order valence-electron chi connectivity index (χ4n) is 1.09. The maximum absolute atomic E-state index is 5.67. The zero-order chi connectivity index (χ0) is 10.6. The summed E-state index contributed by atoms with van der Waals surface area (Å²) in [4.78, 5) is 0. The average Bonchev–Trinajstić information content (AvgIpc) is 2.27. The molecule has 0 aliphatic heterocycles. The van der Waals surface area contributed by atoms with Crippen LogP contribution in [0.5, 0.6) is 0 Å². The minimum atomic E-state index is -0.473. The molecule has 4 N–H and O–H groups in total. The van der Waals surface area contributed by atoms with Gasteiger partial charge in [-0.1, -0.05) is 18.2 Å². The second-order valence-electron chi connectivity index (χ2n) is 2.87. The van der Waals surface area contributed by atoms with E-state index in [1.165, 1.54) is 0 Å². The van der Waals surface area contributed by atoms with Gasteiger partial charge < -0.3 is 20.9 Å². The van der Waals surface area contributed by atoms with E-state index in [0.717, 1.165) is 11.1 Å². The Morgan fingerprint density at radius 2 is 1.50 bits per heavy atom. The number of hydrogen-bond donors (Lipinski definition) is 2. The average molecular weight is 195 g/mol. The highest BCUT2D eigenvalue weighted by Crippen LogP contribution is 2.16. The minimum absolute atomic E-state index is 0.473. The Balaban J connectivity index is 2.89. The van der Waals surface area contributed by atoms with Crippen molar-refractivity contribution >= 4 is 0 Å². The van der Waals surface area contributed by atoms with Crippen LogP contribution in [0.1, 0.15) is 23.6 Å². The number of rotatable bonds is 4. The molecule has 0 aliphatic rings. The first-order valence-corrected chi connectivity index (χ1v) is 4.28. The van der Waals surface area contributed by atoms with E-state index in [4.69, 9.17) is 20.9 Å². The number of nitrogens with two attached hydrogens (primary N) is 2. The summed E-state index contributed by atoms with van der Waals surface area (Å²) in [5.41, 5.74) is 12.9. The van der Waals surface area contributed by atoms with Crippen molar-refractivity contribution in [2.45, 2.75) is 12.5 Å². The third-order valence-corrected chi connectivity index (χ3v) is 1.96. The maximum Gasteiger partial charge on any atom is 0.132 e. The molecule has 1 radical (unpaired) electrons. The van der Waals surface area contributed by atoms with Gasteiger partial charge in [0.1, 0.15) is 12.5 Å². The van der Waals surface area contributed by atoms with Crippen molar-refractivity contribution < 1.29 is 9.47 Å². The van der Waals surface area contributed by atoms with Crippen molar-refractivity contribution in [3.63, 3.8) is 0 Å². The van der Waals surface area contributed by atoms with Crippen LogP contribution in [0.4, 0.5) is 0 Å². The molecule has 1 rings (SSSR count).